The second kappa shape index (κ2) is 9.85. The van der Waals surface area contributed by atoms with Crippen molar-refractivity contribution in [2.75, 3.05) is 24.7 Å². The molecule has 1 aliphatic rings. The fourth-order valence-electron chi connectivity index (χ4n) is 3.41. The molecule has 1 aliphatic heterocycles. The maximum absolute atomic E-state index is 12.7. The largest absolute Gasteiger partial charge is 0.462 e. The van der Waals surface area contributed by atoms with Gasteiger partial charge >= 0.3 is 11.9 Å². The first-order valence-electron chi connectivity index (χ1n) is 9.92. The van der Waals surface area contributed by atoms with E-state index in [1.165, 1.54) is 23.1 Å². The van der Waals surface area contributed by atoms with Gasteiger partial charge in [-0.15, -0.1) is 0 Å². The molecule has 0 saturated carbocycles. The maximum Gasteiger partial charge on any atom is 0.338 e. The Balaban J connectivity index is 1.75. The molecule has 1 amide bonds. The lowest BCUT2D eigenvalue weighted by atomic mass is 10.0. The van der Waals surface area contributed by atoms with Crippen LogP contribution in [0.15, 0.2) is 36.4 Å². The molecule has 1 heterocycles. The summed E-state index contributed by atoms with van der Waals surface area (Å²) in [5.74, 6) is -2.43. The van der Waals surface area contributed by atoms with Crippen LogP contribution in [0.2, 0.25) is 0 Å². The van der Waals surface area contributed by atoms with Crippen molar-refractivity contribution in [3.8, 4) is 0 Å². The molecule has 3 rings (SSSR count). The molecule has 172 valence electrons. The van der Waals surface area contributed by atoms with Crippen molar-refractivity contribution in [3.05, 3.63) is 73.3 Å². The highest BCUT2D eigenvalue weighted by Gasteiger charge is 2.26. The first-order valence-corrected chi connectivity index (χ1v) is 9.92. The van der Waals surface area contributed by atoms with Crippen LogP contribution < -0.4 is 4.90 Å². The van der Waals surface area contributed by atoms with Crippen LogP contribution in [0.3, 0.4) is 0 Å². The summed E-state index contributed by atoms with van der Waals surface area (Å²) in [5.41, 5.74) is 0.0502. The molecule has 0 aliphatic carbocycles. The van der Waals surface area contributed by atoms with Crippen LogP contribution in [-0.4, -0.2) is 47.5 Å². The van der Waals surface area contributed by atoms with E-state index in [-0.39, 0.29) is 23.4 Å². The van der Waals surface area contributed by atoms with E-state index in [0.717, 1.165) is 18.2 Å². The average molecular weight is 457 g/mol. The number of nitrogens with zero attached hydrogens (tertiary/aromatic N) is 3. The van der Waals surface area contributed by atoms with Gasteiger partial charge < -0.3 is 14.4 Å². The summed E-state index contributed by atoms with van der Waals surface area (Å²) in [6.45, 7) is 1.28. The molecule has 12 heteroatoms. The number of anilines is 1. The van der Waals surface area contributed by atoms with Gasteiger partial charge in [0.1, 0.15) is 0 Å². The highest BCUT2D eigenvalue weighted by atomic mass is 16.6. The van der Waals surface area contributed by atoms with Crippen molar-refractivity contribution in [2.45, 2.75) is 19.8 Å². The Bertz CT molecular complexity index is 1150. The number of benzene rings is 2. The van der Waals surface area contributed by atoms with Crippen molar-refractivity contribution in [2.24, 2.45) is 0 Å². The minimum atomic E-state index is -1.03. The number of carbonyl (C=O) groups is 3. The number of amides is 1. The number of rotatable bonds is 7. The van der Waals surface area contributed by atoms with E-state index in [1.54, 1.807) is 6.92 Å². The highest BCUT2D eigenvalue weighted by Crippen LogP contribution is 2.30. The van der Waals surface area contributed by atoms with Gasteiger partial charge in [0, 0.05) is 36.5 Å². The Kier molecular flexibility index (Phi) is 6.96. The summed E-state index contributed by atoms with van der Waals surface area (Å²) in [6, 6.07) is 7.16. The Hall–Kier alpha value is -4.35. The van der Waals surface area contributed by atoms with Crippen molar-refractivity contribution < 1.29 is 33.7 Å². The number of hydrogen-bond acceptors (Lipinski definition) is 9. The zero-order valence-electron chi connectivity index (χ0n) is 17.5. The highest BCUT2D eigenvalue weighted by molar-refractivity contribution is 5.99. The zero-order chi connectivity index (χ0) is 24.1. The van der Waals surface area contributed by atoms with Crippen LogP contribution >= 0.6 is 0 Å². The molecule has 0 saturated heterocycles. The van der Waals surface area contributed by atoms with E-state index < -0.39 is 40.0 Å². The molecule has 0 unspecified atom stereocenters. The molecular formula is C21H19N3O9. The summed E-state index contributed by atoms with van der Waals surface area (Å²) in [7, 11) is 0. The lowest BCUT2D eigenvalue weighted by Crippen LogP contribution is -2.38. The van der Waals surface area contributed by atoms with Crippen molar-refractivity contribution >= 4 is 34.9 Å². The molecule has 0 N–H and O–H groups in total. The third-order valence-corrected chi connectivity index (χ3v) is 4.90. The quantitative estimate of drug-likeness (QED) is 0.346. The number of hydrogen-bond donors (Lipinski definition) is 0. The minimum Gasteiger partial charge on any atom is -0.462 e. The number of fused-ring (bicyclic) bond motifs is 1. The fraction of sp³-hybridized carbons (Fsp3) is 0.286. The Morgan fingerprint density at radius 1 is 0.939 bits per heavy atom. The zero-order valence-corrected chi connectivity index (χ0v) is 17.5. The Morgan fingerprint density at radius 3 is 2.18 bits per heavy atom. The van der Waals surface area contributed by atoms with Crippen molar-refractivity contribution in [1.82, 2.24) is 0 Å². The summed E-state index contributed by atoms with van der Waals surface area (Å²) in [5, 5.41) is 22.1. The average Bonchev–Trinajstić information content (AvgIpc) is 2.81. The Morgan fingerprint density at radius 2 is 1.58 bits per heavy atom. The molecule has 0 fully saturated rings. The lowest BCUT2D eigenvalue weighted by molar-refractivity contribution is -0.385. The van der Waals surface area contributed by atoms with Crippen LogP contribution in [0.4, 0.5) is 17.1 Å². The van der Waals surface area contributed by atoms with Gasteiger partial charge in [-0.05, 0) is 37.5 Å². The third-order valence-electron chi connectivity index (χ3n) is 4.90. The lowest BCUT2D eigenvalue weighted by Gasteiger charge is -2.29. The standard InChI is InChI=1S/C21H19N3O9/c1-2-32-20(26)14-8-15(11-17(10-14)24(30)31)21(27)33-12-19(25)22-7-3-4-13-9-16(23(28)29)5-6-18(13)22/h5-6,8-11H,2-4,7,12H2,1H3. The first-order chi connectivity index (χ1) is 15.7. The number of nitro groups is 2. The van der Waals surface area contributed by atoms with Gasteiger partial charge in [0.05, 0.1) is 27.6 Å². The topological polar surface area (TPSA) is 159 Å². The van der Waals surface area contributed by atoms with Gasteiger partial charge in [0.2, 0.25) is 0 Å². The molecule has 0 radical (unpaired) electrons. The van der Waals surface area contributed by atoms with Gasteiger partial charge in [-0.1, -0.05) is 0 Å². The van der Waals surface area contributed by atoms with Gasteiger partial charge in [-0.3, -0.25) is 25.0 Å². The summed E-state index contributed by atoms with van der Waals surface area (Å²) in [6.07, 6.45) is 1.13. The predicted molar refractivity (Wildman–Crippen MR) is 113 cm³/mol. The van der Waals surface area contributed by atoms with Gasteiger partial charge in [0.25, 0.3) is 17.3 Å². The molecule has 2 aromatic rings. The maximum atomic E-state index is 12.7. The molecule has 0 spiro atoms. The van der Waals surface area contributed by atoms with E-state index in [4.69, 9.17) is 9.47 Å². The van der Waals surface area contributed by atoms with E-state index >= 15 is 0 Å². The smallest absolute Gasteiger partial charge is 0.338 e. The molecule has 12 nitrogen and oxygen atoms in total. The van der Waals surface area contributed by atoms with Gasteiger partial charge in [-0.25, -0.2) is 9.59 Å². The number of ether oxygens (including phenoxy) is 2. The summed E-state index contributed by atoms with van der Waals surface area (Å²) >= 11 is 0. The molecule has 0 bridgehead atoms. The fourth-order valence-corrected chi connectivity index (χ4v) is 3.41. The van der Waals surface area contributed by atoms with E-state index in [2.05, 4.69) is 0 Å². The SMILES string of the molecule is CCOC(=O)c1cc(C(=O)OCC(=O)N2CCCc3cc([N+](=O)[O-])ccc32)cc([N+](=O)[O-])c1. The van der Waals surface area contributed by atoms with Crippen LogP contribution in [0.5, 0.6) is 0 Å². The number of non-ortho nitro benzene ring substituents is 2. The van der Waals surface area contributed by atoms with Gasteiger partial charge in [-0.2, -0.15) is 0 Å². The molecule has 0 atom stereocenters. The molecule has 33 heavy (non-hydrogen) atoms. The molecule has 2 aromatic carbocycles. The third kappa shape index (κ3) is 5.29. The number of aryl methyl sites for hydroxylation is 1. The summed E-state index contributed by atoms with van der Waals surface area (Å²) in [4.78, 5) is 59.3. The number of carbonyl (C=O) groups excluding carboxylic acids is 3. The normalized spacial score (nSPS) is 12.5. The van der Waals surface area contributed by atoms with Crippen LogP contribution in [0.25, 0.3) is 0 Å². The van der Waals surface area contributed by atoms with Crippen LogP contribution in [0.1, 0.15) is 39.6 Å². The van der Waals surface area contributed by atoms with Crippen molar-refractivity contribution in [3.63, 3.8) is 0 Å². The predicted octanol–water partition coefficient (Wildman–Crippen LogP) is 2.82. The number of nitro benzene ring substituents is 2. The minimum absolute atomic E-state index is 0.0380. The van der Waals surface area contributed by atoms with E-state index in [9.17, 15) is 34.6 Å². The van der Waals surface area contributed by atoms with Crippen LogP contribution in [0, 0.1) is 20.2 Å². The van der Waals surface area contributed by atoms with Crippen molar-refractivity contribution in [1.29, 1.82) is 0 Å². The molecule has 0 aromatic heterocycles. The van der Waals surface area contributed by atoms with E-state index in [1.807, 2.05) is 0 Å². The van der Waals surface area contributed by atoms with Gasteiger partial charge in [0.15, 0.2) is 6.61 Å². The number of esters is 2. The monoisotopic (exact) mass is 457 g/mol. The first kappa shape index (κ1) is 23.3. The summed E-state index contributed by atoms with van der Waals surface area (Å²) < 4.78 is 9.85. The Labute approximate surface area is 187 Å². The second-order valence-corrected chi connectivity index (χ2v) is 7.04. The van der Waals surface area contributed by atoms with E-state index in [0.29, 0.717) is 30.6 Å². The van der Waals surface area contributed by atoms with Crippen LogP contribution in [-0.2, 0) is 20.7 Å². The second-order valence-electron chi connectivity index (χ2n) is 7.04. The molecular weight excluding hydrogens is 438 g/mol.